The van der Waals surface area contributed by atoms with E-state index in [4.69, 9.17) is 0 Å². The Labute approximate surface area is 162 Å². The molecule has 0 saturated carbocycles. The second-order valence-corrected chi connectivity index (χ2v) is 7.49. The number of thioether (sulfide) groups is 1. The first-order valence-corrected chi connectivity index (χ1v) is 9.98. The lowest BCUT2D eigenvalue weighted by Crippen LogP contribution is -2.26. The molecule has 6 heteroatoms. The highest BCUT2D eigenvalue weighted by Gasteiger charge is 2.16. The molecule has 0 spiro atoms. The minimum Gasteiger partial charge on any atom is -0.325 e. The monoisotopic (exact) mass is 381 g/mol. The number of benzene rings is 2. The van der Waals surface area contributed by atoms with Crippen molar-refractivity contribution in [2.75, 3.05) is 11.1 Å². The highest BCUT2D eigenvalue weighted by molar-refractivity contribution is 7.99. The minimum atomic E-state index is -0.122. The van der Waals surface area contributed by atoms with Crippen LogP contribution in [0.2, 0.25) is 0 Å². The number of fused-ring (bicyclic) bond motifs is 1. The summed E-state index contributed by atoms with van der Waals surface area (Å²) in [4.78, 5) is 29.9. The Morgan fingerprint density at radius 3 is 2.74 bits per heavy atom. The number of rotatable bonds is 6. The highest BCUT2D eigenvalue weighted by Crippen LogP contribution is 2.22. The number of hydrogen-bond donors (Lipinski definition) is 1. The Morgan fingerprint density at radius 2 is 2.00 bits per heavy atom. The Bertz CT molecular complexity index is 1030. The van der Waals surface area contributed by atoms with E-state index in [-0.39, 0.29) is 23.3 Å². The zero-order valence-electron chi connectivity index (χ0n) is 15.7. The van der Waals surface area contributed by atoms with E-state index in [0.29, 0.717) is 16.1 Å². The first kappa shape index (κ1) is 19.2. The van der Waals surface area contributed by atoms with Crippen LogP contribution in [0.3, 0.4) is 0 Å². The van der Waals surface area contributed by atoms with Gasteiger partial charge in [-0.3, -0.25) is 14.2 Å². The second-order valence-electron chi connectivity index (χ2n) is 6.55. The number of carbonyl (C=O) groups excluding carboxylic acids is 1. The molecule has 1 atom stereocenters. The van der Waals surface area contributed by atoms with E-state index in [9.17, 15) is 9.59 Å². The standard InChI is InChI=1S/C21H23N3O2S/c1-4-15(3)24-20(26)17-10-5-6-11-18(17)23-21(24)27-13-19(25)22-16-9-7-8-14(2)12-16/h5-12,15H,4,13H2,1-3H3,(H,22,25)/t15-/m1/s1. The third-order valence-electron chi connectivity index (χ3n) is 4.44. The Balaban J connectivity index is 1.85. The van der Waals surface area contributed by atoms with E-state index < -0.39 is 0 Å². The van der Waals surface area contributed by atoms with Crippen molar-refractivity contribution in [3.63, 3.8) is 0 Å². The van der Waals surface area contributed by atoms with Gasteiger partial charge in [0.2, 0.25) is 5.91 Å². The molecule has 1 aromatic heterocycles. The zero-order chi connectivity index (χ0) is 19.4. The van der Waals surface area contributed by atoms with Crippen molar-refractivity contribution in [3.05, 3.63) is 64.4 Å². The molecule has 0 aliphatic carbocycles. The Kier molecular flexibility index (Phi) is 5.96. The smallest absolute Gasteiger partial charge is 0.262 e. The number of aryl methyl sites for hydroxylation is 1. The van der Waals surface area contributed by atoms with Crippen LogP contribution in [0.1, 0.15) is 31.9 Å². The normalized spacial score (nSPS) is 12.1. The van der Waals surface area contributed by atoms with E-state index in [1.54, 1.807) is 10.6 Å². The van der Waals surface area contributed by atoms with Crippen molar-refractivity contribution in [2.45, 2.75) is 38.4 Å². The fraction of sp³-hybridized carbons (Fsp3) is 0.286. The molecule has 0 bridgehead atoms. The summed E-state index contributed by atoms with van der Waals surface area (Å²) in [5, 5.41) is 4.07. The molecular weight excluding hydrogens is 358 g/mol. The maximum Gasteiger partial charge on any atom is 0.262 e. The number of hydrogen-bond acceptors (Lipinski definition) is 4. The molecule has 3 rings (SSSR count). The lowest BCUT2D eigenvalue weighted by molar-refractivity contribution is -0.113. The number of nitrogens with one attached hydrogen (secondary N) is 1. The van der Waals surface area contributed by atoms with E-state index in [2.05, 4.69) is 10.3 Å². The van der Waals surface area contributed by atoms with Crippen LogP contribution >= 0.6 is 11.8 Å². The molecule has 1 amide bonds. The molecule has 3 aromatic rings. The van der Waals surface area contributed by atoms with Crippen LogP contribution in [0.25, 0.3) is 10.9 Å². The number of anilines is 1. The van der Waals surface area contributed by atoms with Crippen LogP contribution in [-0.4, -0.2) is 21.2 Å². The number of aromatic nitrogens is 2. The third kappa shape index (κ3) is 4.39. The molecule has 0 fully saturated rings. The number of carbonyl (C=O) groups is 1. The molecular formula is C21H23N3O2S. The highest BCUT2D eigenvalue weighted by atomic mass is 32.2. The van der Waals surface area contributed by atoms with E-state index >= 15 is 0 Å². The molecule has 1 heterocycles. The van der Waals surface area contributed by atoms with Gasteiger partial charge in [-0.1, -0.05) is 43.0 Å². The predicted molar refractivity (Wildman–Crippen MR) is 112 cm³/mol. The zero-order valence-corrected chi connectivity index (χ0v) is 16.5. The van der Waals surface area contributed by atoms with Crippen molar-refractivity contribution >= 4 is 34.3 Å². The topological polar surface area (TPSA) is 64.0 Å². The summed E-state index contributed by atoms with van der Waals surface area (Å²) in [5.74, 6) is 0.0681. The lowest BCUT2D eigenvalue weighted by Gasteiger charge is -2.18. The third-order valence-corrected chi connectivity index (χ3v) is 5.39. The molecule has 5 nitrogen and oxygen atoms in total. The van der Waals surface area contributed by atoms with Gasteiger partial charge in [-0.25, -0.2) is 4.98 Å². The van der Waals surface area contributed by atoms with Gasteiger partial charge in [0.05, 0.1) is 16.7 Å². The fourth-order valence-electron chi connectivity index (χ4n) is 2.85. The summed E-state index contributed by atoms with van der Waals surface area (Å²) >= 11 is 1.29. The molecule has 0 aliphatic heterocycles. The van der Waals surface area contributed by atoms with Gasteiger partial charge in [-0.05, 0) is 50.1 Å². The van der Waals surface area contributed by atoms with Gasteiger partial charge in [0, 0.05) is 11.7 Å². The summed E-state index contributed by atoms with van der Waals surface area (Å²) in [6.07, 6.45) is 0.809. The van der Waals surface area contributed by atoms with E-state index in [1.165, 1.54) is 11.8 Å². The SMILES string of the molecule is CC[C@@H](C)n1c(SCC(=O)Nc2cccc(C)c2)nc2ccccc2c1=O. The Morgan fingerprint density at radius 1 is 1.22 bits per heavy atom. The summed E-state index contributed by atoms with van der Waals surface area (Å²) in [6, 6.07) is 15.0. The average Bonchev–Trinajstić information content (AvgIpc) is 2.66. The van der Waals surface area contributed by atoms with Crippen molar-refractivity contribution < 1.29 is 4.79 Å². The second kappa shape index (κ2) is 8.39. The summed E-state index contributed by atoms with van der Waals surface area (Å²) in [6.45, 7) is 6.01. The lowest BCUT2D eigenvalue weighted by atomic mass is 10.2. The summed E-state index contributed by atoms with van der Waals surface area (Å²) < 4.78 is 1.70. The molecule has 0 radical (unpaired) electrons. The van der Waals surface area contributed by atoms with Gasteiger partial charge in [0.15, 0.2) is 5.16 Å². The van der Waals surface area contributed by atoms with Gasteiger partial charge in [-0.15, -0.1) is 0 Å². The van der Waals surface area contributed by atoms with Crippen LogP contribution in [0.5, 0.6) is 0 Å². The molecule has 0 saturated heterocycles. The molecule has 2 aromatic carbocycles. The average molecular weight is 382 g/mol. The van der Waals surface area contributed by atoms with E-state index in [0.717, 1.165) is 17.7 Å². The summed E-state index contributed by atoms with van der Waals surface area (Å²) in [5.41, 5.74) is 2.45. The van der Waals surface area contributed by atoms with Crippen LogP contribution in [0, 0.1) is 6.92 Å². The maximum atomic E-state index is 12.9. The van der Waals surface area contributed by atoms with Crippen LogP contribution in [0.15, 0.2) is 58.5 Å². The van der Waals surface area contributed by atoms with Gasteiger partial charge in [-0.2, -0.15) is 0 Å². The van der Waals surface area contributed by atoms with Gasteiger partial charge in [0.25, 0.3) is 5.56 Å². The van der Waals surface area contributed by atoms with Crippen molar-refractivity contribution in [1.82, 2.24) is 9.55 Å². The van der Waals surface area contributed by atoms with Crippen LogP contribution in [-0.2, 0) is 4.79 Å². The Hall–Kier alpha value is -2.60. The fourth-order valence-corrected chi connectivity index (χ4v) is 3.75. The van der Waals surface area contributed by atoms with Crippen molar-refractivity contribution in [1.29, 1.82) is 0 Å². The molecule has 27 heavy (non-hydrogen) atoms. The molecule has 0 unspecified atom stereocenters. The largest absolute Gasteiger partial charge is 0.325 e. The number of nitrogens with zero attached hydrogens (tertiary/aromatic N) is 2. The van der Waals surface area contributed by atoms with Gasteiger partial charge in [0.1, 0.15) is 0 Å². The van der Waals surface area contributed by atoms with Crippen molar-refractivity contribution in [2.24, 2.45) is 0 Å². The van der Waals surface area contributed by atoms with Crippen LogP contribution in [0.4, 0.5) is 5.69 Å². The van der Waals surface area contributed by atoms with Crippen molar-refractivity contribution in [3.8, 4) is 0 Å². The molecule has 140 valence electrons. The van der Waals surface area contributed by atoms with Crippen LogP contribution < -0.4 is 10.9 Å². The first-order valence-electron chi connectivity index (χ1n) is 9.00. The predicted octanol–water partition coefficient (Wildman–Crippen LogP) is 4.41. The van der Waals surface area contributed by atoms with Gasteiger partial charge >= 0.3 is 0 Å². The minimum absolute atomic E-state index is 0.0111. The maximum absolute atomic E-state index is 12.9. The first-order chi connectivity index (χ1) is 13.0. The quantitative estimate of drug-likeness (QED) is 0.507. The number of para-hydroxylation sites is 1. The number of amides is 1. The van der Waals surface area contributed by atoms with Gasteiger partial charge < -0.3 is 5.32 Å². The summed E-state index contributed by atoms with van der Waals surface area (Å²) in [7, 11) is 0. The molecule has 0 aliphatic rings. The van der Waals surface area contributed by atoms with E-state index in [1.807, 2.05) is 63.2 Å². The molecule has 1 N–H and O–H groups in total.